The Morgan fingerprint density at radius 1 is 1.03 bits per heavy atom. The minimum absolute atomic E-state index is 0. The van der Waals surface area contributed by atoms with E-state index in [2.05, 4.69) is 19.9 Å². The van der Waals surface area contributed by atoms with E-state index in [-0.39, 0.29) is 23.8 Å². The average molecular weight is 452 g/mol. The third kappa shape index (κ3) is 4.35. The van der Waals surface area contributed by atoms with Crippen LogP contribution in [0.3, 0.4) is 0 Å². The topological polar surface area (TPSA) is 59.5 Å². The van der Waals surface area contributed by atoms with Crippen LogP contribution in [-0.2, 0) is 4.84 Å². The first-order valence-electron chi connectivity index (χ1n) is 10.0. The summed E-state index contributed by atoms with van der Waals surface area (Å²) in [4.78, 5) is 13.7. The number of aromatic amines is 1. The third-order valence-electron chi connectivity index (χ3n) is 5.78. The maximum atomic E-state index is 12.8. The minimum Gasteiger partial charge on any atom is -0.405 e. The van der Waals surface area contributed by atoms with E-state index >= 15 is 0 Å². The normalized spacial score (nSPS) is 17.8. The summed E-state index contributed by atoms with van der Waals surface area (Å²) in [5.74, 6) is 0.400. The minimum atomic E-state index is -4.75. The smallest absolute Gasteiger partial charge is 0.405 e. The van der Waals surface area contributed by atoms with Crippen molar-refractivity contribution >= 4 is 29.2 Å². The highest BCUT2D eigenvalue weighted by molar-refractivity contribution is 6.01. The molecule has 1 fully saturated rings. The number of hydrogen-bond donors (Lipinski definition) is 1. The number of nitrogens with one attached hydrogen (secondary N) is 1. The summed E-state index contributed by atoms with van der Waals surface area (Å²) in [7, 11) is 0. The van der Waals surface area contributed by atoms with Crippen molar-refractivity contribution in [1.82, 2.24) is 9.97 Å². The molecule has 2 heterocycles. The molecule has 0 amide bonds. The number of H-pyrrole nitrogens is 1. The van der Waals surface area contributed by atoms with Gasteiger partial charge in [-0.05, 0) is 49.4 Å². The van der Waals surface area contributed by atoms with E-state index in [0.717, 1.165) is 43.3 Å². The van der Waals surface area contributed by atoms with Gasteiger partial charge >= 0.3 is 6.36 Å². The van der Waals surface area contributed by atoms with Crippen LogP contribution in [0.25, 0.3) is 22.2 Å². The molecule has 1 saturated carbocycles. The lowest BCUT2D eigenvalue weighted by Gasteiger charge is -2.30. The molecule has 9 heteroatoms. The summed E-state index contributed by atoms with van der Waals surface area (Å²) in [5.41, 5.74) is 2.96. The molecule has 0 radical (unpaired) electrons. The van der Waals surface area contributed by atoms with Crippen molar-refractivity contribution in [3.63, 3.8) is 0 Å². The molecule has 5 rings (SSSR count). The van der Waals surface area contributed by atoms with Gasteiger partial charge in [-0.25, -0.2) is 4.98 Å². The van der Waals surface area contributed by atoms with Crippen LogP contribution in [0.5, 0.6) is 5.75 Å². The van der Waals surface area contributed by atoms with Gasteiger partial charge in [0.15, 0.2) is 5.82 Å². The molecule has 1 spiro atoms. The summed E-state index contributed by atoms with van der Waals surface area (Å²) in [6.45, 7) is 0. The van der Waals surface area contributed by atoms with Crippen molar-refractivity contribution in [2.75, 3.05) is 0 Å². The number of nitrogens with zero attached hydrogens (tertiary/aromatic N) is 2. The number of rotatable bonds is 3. The molecule has 0 bridgehead atoms. The number of fused-ring (bicyclic) bond motifs is 1. The van der Waals surface area contributed by atoms with Gasteiger partial charge in [-0.1, -0.05) is 35.8 Å². The molecule has 0 unspecified atom stereocenters. The lowest BCUT2D eigenvalue weighted by Crippen LogP contribution is -2.31. The van der Waals surface area contributed by atoms with E-state index in [0.29, 0.717) is 22.5 Å². The Morgan fingerprint density at radius 2 is 1.81 bits per heavy atom. The second-order valence-corrected chi connectivity index (χ2v) is 7.91. The van der Waals surface area contributed by atoms with Gasteiger partial charge in [0.05, 0.1) is 11.0 Å². The van der Waals surface area contributed by atoms with Crippen molar-refractivity contribution in [3.05, 3.63) is 48.3 Å². The molecule has 2 aliphatic rings. The van der Waals surface area contributed by atoms with Crippen molar-refractivity contribution in [2.24, 2.45) is 5.16 Å². The van der Waals surface area contributed by atoms with Gasteiger partial charge in [0, 0.05) is 12.0 Å². The fourth-order valence-electron chi connectivity index (χ4n) is 4.34. The van der Waals surface area contributed by atoms with Gasteiger partial charge in [-0.3, -0.25) is 0 Å². The molecule has 1 aromatic heterocycles. The zero-order valence-corrected chi connectivity index (χ0v) is 17.4. The number of imidazole rings is 1. The molecule has 31 heavy (non-hydrogen) atoms. The van der Waals surface area contributed by atoms with E-state index in [1.165, 1.54) is 18.6 Å². The zero-order valence-electron chi connectivity index (χ0n) is 16.5. The van der Waals surface area contributed by atoms with Crippen LogP contribution in [0.15, 0.2) is 47.6 Å². The molecule has 3 aromatic rings. The van der Waals surface area contributed by atoms with Gasteiger partial charge in [-0.2, -0.15) is 0 Å². The van der Waals surface area contributed by atoms with Crippen LogP contribution in [0.2, 0.25) is 0 Å². The number of halogens is 4. The lowest BCUT2D eigenvalue weighted by atomic mass is 9.81. The molecule has 2 aromatic carbocycles. The molecule has 1 N–H and O–H groups in total. The number of benzene rings is 2. The first kappa shape index (κ1) is 21.5. The maximum absolute atomic E-state index is 12.8. The Kier molecular flexibility index (Phi) is 5.60. The number of oxime groups is 1. The second-order valence-electron chi connectivity index (χ2n) is 7.91. The fraction of sp³-hybridized carbons (Fsp3) is 0.364. The lowest BCUT2D eigenvalue weighted by molar-refractivity contribution is -0.274. The number of hydrogen-bond acceptors (Lipinski definition) is 4. The summed E-state index contributed by atoms with van der Waals surface area (Å²) in [5, 5.41) is 4.29. The monoisotopic (exact) mass is 451 g/mol. The Morgan fingerprint density at radius 3 is 2.58 bits per heavy atom. The standard InChI is InChI=1S/C22H20F3N3O2.ClH/c23-22(24,25)29-19-7-3-2-6-15(19)14-8-9-16-17(12-14)27-20(26-16)18-13-21(30-28-18)10-4-1-5-11-21;/h2-3,6-9,12H,1,4-5,10-11,13H2,(H,26,27);1H. The van der Waals surface area contributed by atoms with Crippen LogP contribution in [-0.4, -0.2) is 27.6 Å². The highest BCUT2D eigenvalue weighted by atomic mass is 35.5. The molecule has 1 aliphatic carbocycles. The Labute approximate surface area is 183 Å². The Hall–Kier alpha value is -2.74. The number of aromatic nitrogens is 2. The van der Waals surface area contributed by atoms with E-state index < -0.39 is 6.36 Å². The fourth-order valence-corrected chi connectivity index (χ4v) is 4.34. The average Bonchev–Trinajstić information content (AvgIpc) is 3.31. The van der Waals surface area contributed by atoms with Crippen LogP contribution < -0.4 is 4.74 Å². The van der Waals surface area contributed by atoms with Crippen molar-refractivity contribution < 1.29 is 22.7 Å². The first-order chi connectivity index (χ1) is 14.4. The summed E-state index contributed by atoms with van der Waals surface area (Å²) < 4.78 is 42.4. The maximum Gasteiger partial charge on any atom is 0.573 e. The van der Waals surface area contributed by atoms with E-state index in [4.69, 9.17) is 4.84 Å². The summed E-state index contributed by atoms with van der Waals surface area (Å²) >= 11 is 0. The quantitative estimate of drug-likeness (QED) is 0.502. The van der Waals surface area contributed by atoms with Crippen molar-refractivity contribution in [2.45, 2.75) is 50.5 Å². The van der Waals surface area contributed by atoms with Gasteiger partial charge in [0.25, 0.3) is 0 Å². The van der Waals surface area contributed by atoms with Gasteiger partial charge in [0.2, 0.25) is 0 Å². The van der Waals surface area contributed by atoms with Crippen molar-refractivity contribution in [1.29, 1.82) is 0 Å². The summed E-state index contributed by atoms with van der Waals surface area (Å²) in [6.07, 6.45) is 1.49. The molecule has 0 atom stereocenters. The molecular formula is C22H21ClF3N3O2. The highest BCUT2D eigenvalue weighted by Crippen LogP contribution is 2.39. The predicted molar refractivity (Wildman–Crippen MR) is 114 cm³/mol. The van der Waals surface area contributed by atoms with E-state index in [1.54, 1.807) is 30.3 Å². The first-order valence-corrected chi connectivity index (χ1v) is 10.0. The Balaban J connectivity index is 0.00000231. The van der Waals surface area contributed by atoms with Gasteiger partial charge < -0.3 is 14.6 Å². The molecule has 5 nitrogen and oxygen atoms in total. The second kappa shape index (κ2) is 8.07. The summed E-state index contributed by atoms with van der Waals surface area (Å²) in [6, 6.07) is 11.4. The molecule has 164 valence electrons. The van der Waals surface area contributed by atoms with Crippen molar-refractivity contribution in [3.8, 4) is 16.9 Å². The number of para-hydroxylation sites is 1. The third-order valence-corrected chi connectivity index (χ3v) is 5.78. The SMILES string of the molecule is Cl.FC(F)(F)Oc1ccccc1-c1ccc2[nH]c(C3=NOC4(CCCCC4)C3)nc2c1. The van der Waals surface area contributed by atoms with E-state index in [9.17, 15) is 13.2 Å². The van der Waals surface area contributed by atoms with Crippen LogP contribution in [0.1, 0.15) is 44.3 Å². The van der Waals surface area contributed by atoms with Crippen LogP contribution >= 0.6 is 12.4 Å². The molecule has 1 aliphatic heterocycles. The van der Waals surface area contributed by atoms with Crippen LogP contribution in [0.4, 0.5) is 13.2 Å². The largest absolute Gasteiger partial charge is 0.573 e. The van der Waals surface area contributed by atoms with E-state index in [1.807, 2.05) is 0 Å². The Bertz CT molecular complexity index is 1120. The predicted octanol–water partition coefficient (Wildman–Crippen LogP) is 6.38. The highest BCUT2D eigenvalue weighted by Gasteiger charge is 2.41. The number of alkyl halides is 3. The zero-order chi connectivity index (χ0) is 20.8. The molecular weight excluding hydrogens is 431 g/mol. The molecule has 0 saturated heterocycles. The number of ether oxygens (including phenoxy) is 1. The van der Waals surface area contributed by atoms with Gasteiger partial charge in [-0.15, -0.1) is 25.6 Å². The van der Waals surface area contributed by atoms with Gasteiger partial charge in [0.1, 0.15) is 17.1 Å². The van der Waals surface area contributed by atoms with Crippen LogP contribution in [0, 0.1) is 0 Å².